The summed E-state index contributed by atoms with van der Waals surface area (Å²) in [6.07, 6.45) is 6.57. The van der Waals surface area contributed by atoms with Crippen molar-refractivity contribution in [3.8, 4) is 0 Å². The van der Waals surface area contributed by atoms with Crippen molar-refractivity contribution in [2.45, 2.75) is 45.1 Å². The maximum atomic E-state index is 6.60. The molecule has 1 aliphatic rings. The first kappa shape index (κ1) is 12.7. The molecule has 1 unspecified atom stereocenters. The van der Waals surface area contributed by atoms with Crippen molar-refractivity contribution in [3.63, 3.8) is 0 Å². The van der Waals surface area contributed by atoms with E-state index in [0.717, 1.165) is 0 Å². The molecular weight excluding hydrogens is 230 g/mol. The van der Waals surface area contributed by atoms with Gasteiger partial charge in [0, 0.05) is 6.04 Å². The first-order chi connectivity index (χ1) is 9.19. The van der Waals surface area contributed by atoms with Gasteiger partial charge < -0.3 is 5.73 Å². The number of hydrogen-bond acceptors (Lipinski definition) is 1. The van der Waals surface area contributed by atoms with E-state index in [4.69, 9.17) is 5.73 Å². The smallest absolute Gasteiger partial charge is 0.0349 e. The molecule has 1 heteroatoms. The van der Waals surface area contributed by atoms with E-state index in [0.29, 0.717) is 0 Å². The predicted octanol–water partition coefficient (Wildman–Crippen LogP) is 4.81. The van der Waals surface area contributed by atoms with Crippen molar-refractivity contribution in [2.24, 2.45) is 11.1 Å². The van der Waals surface area contributed by atoms with Crippen LogP contribution in [0.1, 0.15) is 50.6 Å². The highest BCUT2D eigenvalue weighted by atomic mass is 14.7. The number of hydrogen-bond donors (Lipinski definition) is 1. The highest BCUT2D eigenvalue weighted by Gasteiger charge is 2.33. The summed E-state index contributed by atoms with van der Waals surface area (Å²) in [7, 11) is 0. The molecular formula is C18H23N. The van der Waals surface area contributed by atoms with Crippen molar-refractivity contribution in [1.29, 1.82) is 0 Å². The molecule has 1 aliphatic carbocycles. The first-order valence-electron chi connectivity index (χ1n) is 7.43. The van der Waals surface area contributed by atoms with Crippen LogP contribution in [-0.2, 0) is 0 Å². The SMILES string of the molecule is CC1(C(N)c2ccc3ccccc3c2)CCCCC1. The fourth-order valence-corrected chi connectivity index (χ4v) is 3.47. The minimum atomic E-state index is 0.164. The summed E-state index contributed by atoms with van der Waals surface area (Å²) in [5.41, 5.74) is 8.17. The minimum absolute atomic E-state index is 0.164. The van der Waals surface area contributed by atoms with Gasteiger partial charge in [0.1, 0.15) is 0 Å². The average molecular weight is 253 g/mol. The Labute approximate surface area is 115 Å². The quantitative estimate of drug-likeness (QED) is 0.816. The Kier molecular flexibility index (Phi) is 3.32. The molecule has 0 aromatic heterocycles. The molecule has 2 aromatic carbocycles. The molecule has 0 spiro atoms. The summed E-state index contributed by atoms with van der Waals surface area (Å²) < 4.78 is 0. The van der Waals surface area contributed by atoms with Crippen LogP contribution in [0.4, 0.5) is 0 Å². The van der Waals surface area contributed by atoms with Crippen LogP contribution in [0.3, 0.4) is 0 Å². The van der Waals surface area contributed by atoms with Gasteiger partial charge in [0.2, 0.25) is 0 Å². The van der Waals surface area contributed by atoms with Crippen molar-refractivity contribution in [2.75, 3.05) is 0 Å². The van der Waals surface area contributed by atoms with Crippen LogP contribution in [0.2, 0.25) is 0 Å². The Morgan fingerprint density at radius 1 is 0.947 bits per heavy atom. The van der Waals surface area contributed by atoms with Crippen molar-refractivity contribution < 1.29 is 0 Å². The summed E-state index contributed by atoms with van der Waals surface area (Å²) in [5, 5.41) is 2.60. The highest BCUT2D eigenvalue weighted by Crippen LogP contribution is 2.44. The average Bonchev–Trinajstić information content (AvgIpc) is 2.47. The molecule has 0 bridgehead atoms. The summed E-state index contributed by atoms with van der Waals surface area (Å²) in [6, 6.07) is 15.4. The van der Waals surface area contributed by atoms with Crippen LogP contribution in [0.5, 0.6) is 0 Å². The van der Waals surface area contributed by atoms with Gasteiger partial charge in [-0.1, -0.05) is 62.6 Å². The highest BCUT2D eigenvalue weighted by molar-refractivity contribution is 5.83. The molecule has 3 rings (SSSR count). The van der Waals surface area contributed by atoms with Crippen LogP contribution < -0.4 is 5.73 Å². The summed E-state index contributed by atoms with van der Waals surface area (Å²) in [5.74, 6) is 0. The third-order valence-electron chi connectivity index (χ3n) is 4.88. The fraction of sp³-hybridized carbons (Fsp3) is 0.444. The van der Waals surface area contributed by atoms with E-state index in [1.54, 1.807) is 0 Å². The Hall–Kier alpha value is -1.34. The van der Waals surface area contributed by atoms with Gasteiger partial charge in [-0.25, -0.2) is 0 Å². The fourth-order valence-electron chi connectivity index (χ4n) is 3.47. The second-order valence-electron chi connectivity index (χ2n) is 6.30. The molecule has 19 heavy (non-hydrogen) atoms. The van der Waals surface area contributed by atoms with Crippen LogP contribution in [0.15, 0.2) is 42.5 Å². The molecule has 1 fully saturated rings. The van der Waals surface area contributed by atoms with Gasteiger partial charge >= 0.3 is 0 Å². The van der Waals surface area contributed by atoms with E-state index in [-0.39, 0.29) is 11.5 Å². The lowest BCUT2D eigenvalue weighted by Crippen LogP contribution is -2.33. The molecule has 1 atom stereocenters. The molecule has 2 aromatic rings. The molecule has 100 valence electrons. The topological polar surface area (TPSA) is 26.0 Å². The Balaban J connectivity index is 1.94. The Bertz CT molecular complexity index is 567. The number of nitrogens with two attached hydrogens (primary N) is 1. The maximum Gasteiger partial charge on any atom is 0.0349 e. The van der Waals surface area contributed by atoms with E-state index in [1.807, 2.05) is 0 Å². The van der Waals surface area contributed by atoms with Crippen molar-refractivity contribution in [1.82, 2.24) is 0 Å². The molecule has 0 radical (unpaired) electrons. The maximum absolute atomic E-state index is 6.60. The lowest BCUT2D eigenvalue weighted by Gasteiger charge is -2.39. The van der Waals surface area contributed by atoms with Gasteiger partial charge in [0.05, 0.1) is 0 Å². The van der Waals surface area contributed by atoms with E-state index < -0.39 is 0 Å². The van der Waals surface area contributed by atoms with Gasteiger partial charge in [-0.05, 0) is 40.7 Å². The summed E-state index contributed by atoms with van der Waals surface area (Å²) in [4.78, 5) is 0. The monoisotopic (exact) mass is 253 g/mol. The molecule has 0 amide bonds. The molecule has 1 saturated carbocycles. The Morgan fingerprint density at radius 2 is 1.63 bits per heavy atom. The van der Waals surface area contributed by atoms with Crippen molar-refractivity contribution >= 4 is 10.8 Å². The second-order valence-corrected chi connectivity index (χ2v) is 6.30. The lowest BCUT2D eigenvalue weighted by molar-refractivity contribution is 0.170. The minimum Gasteiger partial charge on any atom is -0.323 e. The number of fused-ring (bicyclic) bond motifs is 1. The molecule has 0 heterocycles. The summed E-state index contributed by atoms with van der Waals surface area (Å²) in [6.45, 7) is 2.37. The molecule has 2 N–H and O–H groups in total. The van der Waals surface area contributed by atoms with E-state index in [9.17, 15) is 0 Å². The lowest BCUT2D eigenvalue weighted by atomic mass is 9.69. The standard InChI is InChI=1S/C18H23N/c1-18(11-5-2-6-12-18)17(19)16-10-9-14-7-3-4-8-15(14)13-16/h3-4,7-10,13,17H,2,5-6,11-12,19H2,1H3. The number of rotatable bonds is 2. The van der Waals surface area contributed by atoms with Crippen LogP contribution in [0.25, 0.3) is 10.8 Å². The van der Waals surface area contributed by atoms with Gasteiger partial charge in [0.15, 0.2) is 0 Å². The van der Waals surface area contributed by atoms with E-state index in [1.165, 1.54) is 48.4 Å². The third kappa shape index (κ3) is 2.40. The molecule has 1 nitrogen and oxygen atoms in total. The zero-order valence-electron chi connectivity index (χ0n) is 11.7. The van der Waals surface area contributed by atoms with Gasteiger partial charge in [-0.15, -0.1) is 0 Å². The van der Waals surface area contributed by atoms with Crippen LogP contribution in [-0.4, -0.2) is 0 Å². The predicted molar refractivity (Wildman–Crippen MR) is 82.1 cm³/mol. The third-order valence-corrected chi connectivity index (χ3v) is 4.88. The van der Waals surface area contributed by atoms with Crippen LogP contribution in [0, 0.1) is 5.41 Å². The van der Waals surface area contributed by atoms with E-state index in [2.05, 4.69) is 49.4 Å². The van der Waals surface area contributed by atoms with Gasteiger partial charge in [-0.3, -0.25) is 0 Å². The second kappa shape index (κ2) is 4.97. The Morgan fingerprint density at radius 3 is 2.37 bits per heavy atom. The summed E-state index contributed by atoms with van der Waals surface area (Å²) >= 11 is 0. The normalized spacial score (nSPS) is 20.3. The van der Waals surface area contributed by atoms with Gasteiger partial charge in [-0.2, -0.15) is 0 Å². The molecule has 0 saturated heterocycles. The zero-order valence-corrected chi connectivity index (χ0v) is 11.7. The van der Waals surface area contributed by atoms with Crippen molar-refractivity contribution in [3.05, 3.63) is 48.0 Å². The van der Waals surface area contributed by atoms with E-state index >= 15 is 0 Å². The zero-order chi connectivity index (χ0) is 13.3. The number of benzene rings is 2. The largest absolute Gasteiger partial charge is 0.323 e. The van der Waals surface area contributed by atoms with Crippen LogP contribution >= 0.6 is 0 Å². The first-order valence-corrected chi connectivity index (χ1v) is 7.43. The molecule has 0 aliphatic heterocycles. The van der Waals surface area contributed by atoms with Gasteiger partial charge in [0.25, 0.3) is 0 Å².